The highest BCUT2D eigenvalue weighted by Crippen LogP contribution is 2.43. The number of phosphoric acid groups is 1. The van der Waals surface area contributed by atoms with E-state index in [1.54, 1.807) is 6.92 Å². The first-order valence-corrected chi connectivity index (χ1v) is 23.2. The Labute approximate surface area is 336 Å². The number of carbonyl (C=O) groups is 2. The Morgan fingerprint density at radius 3 is 1.40 bits per heavy atom. The highest BCUT2D eigenvalue weighted by Gasteiger charge is 2.25. The molecule has 55 heavy (non-hydrogen) atoms. The van der Waals surface area contributed by atoms with Crippen molar-refractivity contribution in [3.63, 3.8) is 0 Å². The van der Waals surface area contributed by atoms with Crippen molar-refractivity contribution in [1.29, 1.82) is 0 Å². The molecule has 0 aliphatic carbocycles. The number of allylic oxidation sites excluding steroid dienone is 12. The maximum Gasteiger partial charge on any atom is 0.472 e. The summed E-state index contributed by atoms with van der Waals surface area (Å²) < 4.78 is 32.6. The van der Waals surface area contributed by atoms with Gasteiger partial charge in [-0.25, -0.2) is 4.57 Å². The van der Waals surface area contributed by atoms with Crippen LogP contribution in [0.2, 0.25) is 0 Å². The Hall–Kier alpha value is -2.51. The van der Waals surface area contributed by atoms with Gasteiger partial charge in [-0.1, -0.05) is 151 Å². The molecule has 0 radical (unpaired) electrons. The van der Waals surface area contributed by atoms with Crippen LogP contribution in [0.5, 0.6) is 0 Å². The van der Waals surface area contributed by atoms with Gasteiger partial charge in [0, 0.05) is 12.8 Å². The van der Waals surface area contributed by atoms with E-state index in [4.69, 9.17) is 18.5 Å². The maximum atomic E-state index is 12.6. The van der Waals surface area contributed by atoms with Gasteiger partial charge >= 0.3 is 19.8 Å². The largest absolute Gasteiger partial charge is 0.472 e. The first-order chi connectivity index (χ1) is 26.8. The summed E-state index contributed by atoms with van der Waals surface area (Å²) in [6.45, 7) is 5.30. The molecular weight excluding hydrogens is 711 g/mol. The Morgan fingerprint density at radius 2 is 0.927 bits per heavy atom. The van der Waals surface area contributed by atoms with Crippen LogP contribution in [0.3, 0.4) is 0 Å². The molecule has 0 bridgehead atoms. The van der Waals surface area contributed by atoms with Crippen LogP contribution < -0.4 is 0 Å². The number of hydrogen-bond donors (Lipinski definition) is 1. The molecule has 0 amide bonds. The van der Waals surface area contributed by atoms with E-state index in [1.165, 1.54) is 32.1 Å². The number of ether oxygens (including phenoxy) is 2. The summed E-state index contributed by atoms with van der Waals surface area (Å²) in [6, 6.07) is 0. The summed E-state index contributed by atoms with van der Waals surface area (Å²) in [4.78, 5) is 34.8. The van der Waals surface area contributed by atoms with Crippen molar-refractivity contribution in [1.82, 2.24) is 0 Å². The van der Waals surface area contributed by atoms with E-state index < -0.39 is 26.5 Å². The molecule has 2 atom stereocenters. The van der Waals surface area contributed by atoms with Crippen LogP contribution in [0.25, 0.3) is 0 Å². The third-order valence-electron chi connectivity index (χ3n) is 8.75. The lowest BCUT2D eigenvalue weighted by Gasteiger charge is -2.19. The van der Waals surface area contributed by atoms with Crippen LogP contribution in [0.15, 0.2) is 72.9 Å². The van der Waals surface area contributed by atoms with Crippen molar-refractivity contribution in [2.24, 2.45) is 0 Å². The van der Waals surface area contributed by atoms with Crippen molar-refractivity contribution in [2.45, 2.75) is 187 Å². The third kappa shape index (κ3) is 41.0. The average molecular weight is 791 g/mol. The van der Waals surface area contributed by atoms with E-state index >= 15 is 0 Å². The fraction of sp³-hybridized carbons (Fsp3) is 0.696. The molecule has 0 saturated heterocycles. The molecule has 0 aromatic rings. The molecule has 0 spiro atoms. The summed E-state index contributed by atoms with van der Waals surface area (Å²) in [6.07, 6.45) is 50.9. The van der Waals surface area contributed by atoms with Crippen molar-refractivity contribution < 1.29 is 37.6 Å². The maximum absolute atomic E-state index is 12.6. The number of hydrogen-bond acceptors (Lipinski definition) is 7. The van der Waals surface area contributed by atoms with Gasteiger partial charge in [-0.15, -0.1) is 0 Å². The highest BCUT2D eigenvalue weighted by atomic mass is 31.2. The predicted octanol–water partition coefficient (Wildman–Crippen LogP) is 13.7. The molecule has 2 unspecified atom stereocenters. The fourth-order valence-electron chi connectivity index (χ4n) is 5.59. The Balaban J connectivity index is 4.15. The monoisotopic (exact) mass is 791 g/mol. The number of unbranched alkanes of at least 4 members (excludes halogenated alkanes) is 15. The van der Waals surface area contributed by atoms with Gasteiger partial charge in [0.15, 0.2) is 6.10 Å². The smallest absolute Gasteiger partial charge is 0.462 e. The number of esters is 2. The quantitative estimate of drug-likeness (QED) is 0.0284. The Morgan fingerprint density at radius 1 is 0.509 bits per heavy atom. The molecular formula is C46H79O8P. The summed E-state index contributed by atoms with van der Waals surface area (Å²) in [5.41, 5.74) is 0. The van der Waals surface area contributed by atoms with Gasteiger partial charge in [0.2, 0.25) is 0 Å². The van der Waals surface area contributed by atoms with E-state index in [2.05, 4.69) is 86.8 Å². The standard InChI is InChI=1S/C46H79O8P/c1-4-7-9-11-13-15-17-19-21-23-24-25-27-29-31-33-35-37-39-41-46(48)54-44(43-53-55(49,50)52-6-3)42-51-45(47)40-38-36-34-32-30-28-26-22-20-18-16-14-12-10-8-5-2/h7,9,13,15-16,18-19,21-22,24-26,44H,4-6,8,10-12,14,17,20,23,27-43H2,1-3H3,(H,49,50)/b9-7-,15-13-,18-16-,21-19-,25-24-,26-22-. The lowest BCUT2D eigenvalue weighted by molar-refractivity contribution is -0.161. The van der Waals surface area contributed by atoms with E-state index in [0.29, 0.717) is 6.42 Å². The van der Waals surface area contributed by atoms with Crippen LogP contribution in [0.1, 0.15) is 181 Å². The van der Waals surface area contributed by atoms with Gasteiger partial charge < -0.3 is 14.4 Å². The molecule has 0 aliphatic rings. The lowest BCUT2D eigenvalue weighted by Crippen LogP contribution is -2.29. The average Bonchev–Trinajstić information content (AvgIpc) is 3.16. The highest BCUT2D eigenvalue weighted by molar-refractivity contribution is 7.47. The minimum Gasteiger partial charge on any atom is -0.462 e. The topological polar surface area (TPSA) is 108 Å². The van der Waals surface area contributed by atoms with Crippen LogP contribution in [0, 0.1) is 0 Å². The minimum absolute atomic E-state index is 0.00867. The number of rotatable bonds is 39. The summed E-state index contributed by atoms with van der Waals surface area (Å²) in [7, 11) is -4.29. The summed E-state index contributed by atoms with van der Waals surface area (Å²) in [5.74, 6) is -0.835. The first-order valence-electron chi connectivity index (χ1n) is 21.7. The molecule has 0 rings (SSSR count). The number of carbonyl (C=O) groups excluding carboxylic acids is 2. The molecule has 0 saturated carbocycles. The Kier molecular flexibility index (Phi) is 39.3. The second-order valence-electron chi connectivity index (χ2n) is 14.0. The van der Waals surface area contributed by atoms with E-state index in [0.717, 1.165) is 109 Å². The van der Waals surface area contributed by atoms with Crippen molar-refractivity contribution in [3.8, 4) is 0 Å². The second-order valence-corrected chi connectivity index (χ2v) is 15.4. The SMILES string of the molecule is CC/C=C\C/C=C\C/C=C\C/C=C\CCCCCCCCC(=O)OC(COC(=O)CCCCCCC/C=C\C/C=C\CCCCCC)COP(=O)(O)OCC. The summed E-state index contributed by atoms with van der Waals surface area (Å²) in [5, 5.41) is 0. The van der Waals surface area contributed by atoms with E-state index in [1.807, 2.05) is 0 Å². The van der Waals surface area contributed by atoms with Gasteiger partial charge in [-0.2, -0.15) is 0 Å². The molecule has 0 heterocycles. The molecule has 316 valence electrons. The van der Waals surface area contributed by atoms with Gasteiger partial charge in [-0.05, 0) is 90.4 Å². The summed E-state index contributed by atoms with van der Waals surface area (Å²) >= 11 is 0. The molecule has 1 N–H and O–H groups in total. The normalized spacial score (nSPS) is 14.0. The van der Waals surface area contributed by atoms with Crippen molar-refractivity contribution in [3.05, 3.63) is 72.9 Å². The van der Waals surface area contributed by atoms with Gasteiger partial charge in [0.05, 0.1) is 13.2 Å². The molecule has 0 aliphatic heterocycles. The molecule has 9 heteroatoms. The first kappa shape index (κ1) is 52.5. The molecule has 0 aromatic carbocycles. The molecule has 0 fully saturated rings. The zero-order valence-corrected chi connectivity index (χ0v) is 36.0. The lowest BCUT2D eigenvalue weighted by atomic mass is 10.1. The van der Waals surface area contributed by atoms with Crippen molar-refractivity contribution in [2.75, 3.05) is 19.8 Å². The van der Waals surface area contributed by atoms with Gasteiger partial charge in [-0.3, -0.25) is 18.6 Å². The van der Waals surface area contributed by atoms with Crippen molar-refractivity contribution >= 4 is 19.8 Å². The minimum atomic E-state index is -4.29. The Bertz CT molecular complexity index is 1120. The third-order valence-corrected chi connectivity index (χ3v) is 9.81. The van der Waals surface area contributed by atoms with Crippen LogP contribution in [-0.2, 0) is 32.7 Å². The van der Waals surface area contributed by atoms with Gasteiger partial charge in [0.1, 0.15) is 6.61 Å². The van der Waals surface area contributed by atoms with Crippen LogP contribution in [-0.4, -0.2) is 42.8 Å². The zero-order chi connectivity index (χ0) is 40.3. The fourth-order valence-corrected chi connectivity index (χ4v) is 6.35. The molecule has 8 nitrogen and oxygen atoms in total. The predicted molar refractivity (Wildman–Crippen MR) is 230 cm³/mol. The number of phosphoric ester groups is 1. The van der Waals surface area contributed by atoms with Gasteiger partial charge in [0.25, 0.3) is 0 Å². The van der Waals surface area contributed by atoms with E-state index in [9.17, 15) is 19.0 Å². The van der Waals surface area contributed by atoms with Crippen LogP contribution in [0.4, 0.5) is 0 Å². The zero-order valence-electron chi connectivity index (χ0n) is 35.1. The molecule has 0 aromatic heterocycles. The van der Waals surface area contributed by atoms with E-state index in [-0.39, 0.29) is 32.0 Å². The second kappa shape index (κ2) is 41.1. The van der Waals surface area contributed by atoms with Crippen LogP contribution >= 0.6 is 7.82 Å².